The molecular formula is C21H16FN. The first-order chi connectivity index (χ1) is 11.3. The standard InChI is InChI=1S/C21H16FN/c1-2-14-13-19-18-6-4-3-5-15(18)9-12-20(19)23-21(14)16-7-10-17(22)11-8-16/h3-13H,2H2,1H3. The molecule has 1 heterocycles. The molecule has 1 aromatic heterocycles. The molecule has 0 bridgehead atoms. The number of benzene rings is 3. The Bertz CT molecular complexity index is 1000. The largest absolute Gasteiger partial charge is 0.247 e. The number of pyridine rings is 1. The summed E-state index contributed by atoms with van der Waals surface area (Å²) in [6, 6.07) is 21.3. The lowest BCUT2D eigenvalue weighted by Gasteiger charge is -2.11. The molecule has 0 amide bonds. The minimum atomic E-state index is -0.224. The predicted molar refractivity (Wildman–Crippen MR) is 94.0 cm³/mol. The highest BCUT2D eigenvalue weighted by Crippen LogP contribution is 2.30. The molecule has 0 spiro atoms. The van der Waals surface area contributed by atoms with Gasteiger partial charge in [-0.3, -0.25) is 0 Å². The molecule has 0 saturated carbocycles. The van der Waals surface area contributed by atoms with E-state index in [-0.39, 0.29) is 5.82 Å². The maximum atomic E-state index is 13.2. The van der Waals surface area contributed by atoms with Crippen LogP contribution in [0.4, 0.5) is 4.39 Å². The summed E-state index contributed by atoms with van der Waals surface area (Å²) in [5.74, 6) is -0.224. The normalized spacial score (nSPS) is 11.2. The van der Waals surface area contributed by atoms with Crippen molar-refractivity contribution in [2.45, 2.75) is 13.3 Å². The molecule has 4 rings (SSSR count). The Hall–Kier alpha value is -2.74. The van der Waals surface area contributed by atoms with E-state index in [4.69, 9.17) is 4.98 Å². The molecule has 0 unspecified atom stereocenters. The van der Waals surface area contributed by atoms with Crippen LogP contribution in [0.25, 0.3) is 32.9 Å². The Balaban J connectivity index is 2.02. The molecule has 3 aromatic carbocycles. The summed E-state index contributed by atoms with van der Waals surface area (Å²) in [4.78, 5) is 4.87. The van der Waals surface area contributed by atoms with Crippen LogP contribution in [-0.2, 0) is 6.42 Å². The van der Waals surface area contributed by atoms with Crippen molar-refractivity contribution in [1.29, 1.82) is 0 Å². The zero-order chi connectivity index (χ0) is 15.8. The Morgan fingerprint density at radius 1 is 0.870 bits per heavy atom. The van der Waals surface area contributed by atoms with Gasteiger partial charge in [0.2, 0.25) is 0 Å². The van der Waals surface area contributed by atoms with Crippen LogP contribution in [-0.4, -0.2) is 4.98 Å². The molecule has 0 N–H and O–H groups in total. The van der Waals surface area contributed by atoms with Crippen LogP contribution in [0, 0.1) is 5.82 Å². The summed E-state index contributed by atoms with van der Waals surface area (Å²) >= 11 is 0. The first-order valence-electron chi connectivity index (χ1n) is 7.83. The fourth-order valence-electron chi connectivity index (χ4n) is 3.10. The van der Waals surface area contributed by atoms with E-state index in [0.29, 0.717) is 0 Å². The van der Waals surface area contributed by atoms with Gasteiger partial charge in [-0.05, 0) is 59.2 Å². The predicted octanol–water partition coefficient (Wildman–Crippen LogP) is 5.76. The van der Waals surface area contributed by atoms with Crippen molar-refractivity contribution in [2.24, 2.45) is 0 Å². The third kappa shape index (κ3) is 2.36. The van der Waals surface area contributed by atoms with Gasteiger partial charge in [0.15, 0.2) is 0 Å². The Kier molecular flexibility index (Phi) is 3.30. The van der Waals surface area contributed by atoms with E-state index < -0.39 is 0 Å². The number of hydrogen-bond acceptors (Lipinski definition) is 1. The van der Waals surface area contributed by atoms with Gasteiger partial charge in [0.25, 0.3) is 0 Å². The van der Waals surface area contributed by atoms with Gasteiger partial charge >= 0.3 is 0 Å². The minimum Gasteiger partial charge on any atom is -0.247 e. The van der Waals surface area contributed by atoms with Crippen LogP contribution in [0.2, 0.25) is 0 Å². The number of hydrogen-bond donors (Lipinski definition) is 0. The van der Waals surface area contributed by atoms with Gasteiger partial charge in [0.05, 0.1) is 11.2 Å². The van der Waals surface area contributed by atoms with E-state index in [1.807, 2.05) is 0 Å². The minimum absolute atomic E-state index is 0.224. The molecule has 0 aliphatic heterocycles. The SMILES string of the molecule is CCc1cc2c(ccc3ccccc32)nc1-c1ccc(F)cc1. The number of fused-ring (bicyclic) bond motifs is 3. The molecular weight excluding hydrogens is 285 g/mol. The number of halogens is 1. The zero-order valence-corrected chi connectivity index (χ0v) is 12.9. The highest BCUT2D eigenvalue weighted by Gasteiger charge is 2.10. The molecule has 0 aliphatic rings. The molecule has 0 saturated heterocycles. The maximum Gasteiger partial charge on any atom is 0.123 e. The van der Waals surface area contributed by atoms with Crippen LogP contribution in [0.1, 0.15) is 12.5 Å². The Labute approximate surface area is 134 Å². The molecule has 2 heteroatoms. The lowest BCUT2D eigenvalue weighted by molar-refractivity contribution is 0.628. The van der Waals surface area contributed by atoms with E-state index >= 15 is 0 Å². The van der Waals surface area contributed by atoms with Gasteiger partial charge in [-0.2, -0.15) is 0 Å². The van der Waals surface area contributed by atoms with Crippen molar-refractivity contribution < 1.29 is 4.39 Å². The number of aryl methyl sites for hydroxylation is 1. The fourth-order valence-corrected chi connectivity index (χ4v) is 3.10. The van der Waals surface area contributed by atoms with Crippen LogP contribution in [0.5, 0.6) is 0 Å². The number of rotatable bonds is 2. The summed E-state index contributed by atoms with van der Waals surface area (Å²) in [6.45, 7) is 2.13. The van der Waals surface area contributed by atoms with Gasteiger partial charge in [-0.1, -0.05) is 37.3 Å². The Morgan fingerprint density at radius 2 is 1.65 bits per heavy atom. The van der Waals surface area contributed by atoms with E-state index in [2.05, 4.69) is 49.4 Å². The van der Waals surface area contributed by atoms with Gasteiger partial charge in [0, 0.05) is 10.9 Å². The molecule has 0 radical (unpaired) electrons. The van der Waals surface area contributed by atoms with Gasteiger partial charge in [0.1, 0.15) is 5.82 Å². The number of nitrogens with zero attached hydrogens (tertiary/aromatic N) is 1. The monoisotopic (exact) mass is 301 g/mol. The molecule has 112 valence electrons. The van der Waals surface area contributed by atoms with Crippen molar-refractivity contribution in [3.05, 3.63) is 78.1 Å². The summed E-state index contributed by atoms with van der Waals surface area (Å²) in [5, 5.41) is 3.61. The van der Waals surface area contributed by atoms with Crippen LogP contribution in [0.15, 0.2) is 66.7 Å². The van der Waals surface area contributed by atoms with Crippen LogP contribution >= 0.6 is 0 Å². The topological polar surface area (TPSA) is 12.9 Å². The second kappa shape index (κ2) is 5.47. The van der Waals surface area contributed by atoms with E-state index in [0.717, 1.165) is 23.2 Å². The first-order valence-corrected chi connectivity index (χ1v) is 7.83. The van der Waals surface area contributed by atoms with Crippen molar-refractivity contribution in [3.63, 3.8) is 0 Å². The third-order valence-electron chi connectivity index (χ3n) is 4.30. The first kappa shape index (κ1) is 13.9. The van der Waals surface area contributed by atoms with E-state index in [9.17, 15) is 4.39 Å². The highest BCUT2D eigenvalue weighted by atomic mass is 19.1. The van der Waals surface area contributed by atoms with Crippen molar-refractivity contribution in [1.82, 2.24) is 4.98 Å². The van der Waals surface area contributed by atoms with E-state index in [1.165, 1.54) is 33.9 Å². The lowest BCUT2D eigenvalue weighted by atomic mass is 9.98. The van der Waals surface area contributed by atoms with Crippen molar-refractivity contribution >= 4 is 21.7 Å². The summed E-state index contributed by atoms with van der Waals surface area (Å²) in [6.07, 6.45) is 0.888. The smallest absolute Gasteiger partial charge is 0.123 e. The summed E-state index contributed by atoms with van der Waals surface area (Å²) in [7, 11) is 0. The fraction of sp³-hybridized carbons (Fsp3) is 0.0952. The van der Waals surface area contributed by atoms with Crippen LogP contribution in [0.3, 0.4) is 0 Å². The quantitative estimate of drug-likeness (QED) is 0.429. The van der Waals surface area contributed by atoms with Crippen molar-refractivity contribution in [2.75, 3.05) is 0 Å². The maximum absolute atomic E-state index is 13.2. The number of aromatic nitrogens is 1. The molecule has 0 atom stereocenters. The summed E-state index contributed by atoms with van der Waals surface area (Å²) < 4.78 is 13.2. The average molecular weight is 301 g/mol. The lowest BCUT2D eigenvalue weighted by Crippen LogP contribution is -1.94. The zero-order valence-electron chi connectivity index (χ0n) is 12.9. The average Bonchev–Trinajstić information content (AvgIpc) is 2.61. The molecule has 0 aliphatic carbocycles. The van der Waals surface area contributed by atoms with Gasteiger partial charge in [-0.25, -0.2) is 9.37 Å². The summed E-state index contributed by atoms with van der Waals surface area (Å²) in [5.41, 5.74) is 4.05. The van der Waals surface area contributed by atoms with Crippen LogP contribution < -0.4 is 0 Å². The second-order valence-corrected chi connectivity index (χ2v) is 5.71. The molecule has 23 heavy (non-hydrogen) atoms. The highest BCUT2D eigenvalue weighted by molar-refractivity contribution is 6.06. The van der Waals surface area contributed by atoms with E-state index in [1.54, 1.807) is 12.1 Å². The van der Waals surface area contributed by atoms with Gasteiger partial charge < -0.3 is 0 Å². The molecule has 4 aromatic rings. The van der Waals surface area contributed by atoms with Gasteiger partial charge in [-0.15, -0.1) is 0 Å². The third-order valence-corrected chi connectivity index (χ3v) is 4.30. The molecule has 1 nitrogen and oxygen atoms in total. The second-order valence-electron chi connectivity index (χ2n) is 5.71. The molecule has 0 fully saturated rings. The Morgan fingerprint density at radius 3 is 2.43 bits per heavy atom. The van der Waals surface area contributed by atoms with Crippen molar-refractivity contribution in [3.8, 4) is 11.3 Å².